The molecule has 0 spiro atoms. The van der Waals surface area contributed by atoms with E-state index in [-0.39, 0.29) is 24.8 Å². The van der Waals surface area contributed by atoms with E-state index in [9.17, 15) is 9.59 Å². The van der Waals surface area contributed by atoms with E-state index < -0.39 is 5.91 Å². The van der Waals surface area contributed by atoms with Gasteiger partial charge in [-0.3, -0.25) is 9.59 Å². The van der Waals surface area contributed by atoms with Gasteiger partial charge in [0.05, 0.1) is 6.54 Å². The Balaban J connectivity index is 1.46. The molecule has 1 aromatic heterocycles. The summed E-state index contributed by atoms with van der Waals surface area (Å²) in [5.41, 5.74) is 1.80. The van der Waals surface area contributed by atoms with Gasteiger partial charge in [-0.15, -0.1) is 0 Å². The molecule has 2 N–H and O–H groups in total. The highest BCUT2D eigenvalue weighted by molar-refractivity contribution is 9.10. The van der Waals surface area contributed by atoms with Crippen LogP contribution in [-0.4, -0.2) is 18.4 Å². The lowest BCUT2D eigenvalue weighted by molar-refractivity contribution is -0.115. The summed E-state index contributed by atoms with van der Waals surface area (Å²) < 4.78 is 12.0. The SMILES string of the molecule is Cc1ccc(OCc2ccc(C(=O)NCC(=O)Nc3ccc(Br)cc3)o2)cc1. The van der Waals surface area contributed by atoms with Crippen LogP contribution < -0.4 is 15.4 Å². The molecule has 0 radical (unpaired) electrons. The predicted octanol–water partition coefficient (Wildman–Crippen LogP) is 4.30. The van der Waals surface area contributed by atoms with Gasteiger partial charge >= 0.3 is 0 Å². The van der Waals surface area contributed by atoms with Crippen LogP contribution in [0.2, 0.25) is 0 Å². The summed E-state index contributed by atoms with van der Waals surface area (Å²) in [6.07, 6.45) is 0. The molecule has 0 saturated carbocycles. The largest absolute Gasteiger partial charge is 0.486 e. The van der Waals surface area contributed by atoms with Crippen LogP contribution in [-0.2, 0) is 11.4 Å². The van der Waals surface area contributed by atoms with Crippen LogP contribution in [0.15, 0.2) is 69.6 Å². The summed E-state index contributed by atoms with van der Waals surface area (Å²) >= 11 is 3.33. The molecule has 0 saturated heterocycles. The second kappa shape index (κ2) is 9.23. The summed E-state index contributed by atoms with van der Waals surface area (Å²) in [5, 5.41) is 5.23. The van der Waals surface area contributed by atoms with Gasteiger partial charge in [0.25, 0.3) is 5.91 Å². The third-order valence-corrected chi connectivity index (χ3v) is 4.35. The van der Waals surface area contributed by atoms with Gasteiger partial charge in [-0.1, -0.05) is 33.6 Å². The Morgan fingerprint density at radius 2 is 1.71 bits per heavy atom. The molecule has 2 aromatic carbocycles. The Hall–Kier alpha value is -3.06. The molecular weight excluding hydrogens is 424 g/mol. The van der Waals surface area contributed by atoms with Crippen molar-refractivity contribution in [1.29, 1.82) is 0 Å². The first-order valence-electron chi connectivity index (χ1n) is 8.61. The van der Waals surface area contributed by atoms with E-state index in [2.05, 4.69) is 26.6 Å². The molecule has 7 heteroatoms. The van der Waals surface area contributed by atoms with Crippen molar-refractivity contribution >= 4 is 33.4 Å². The Kier molecular flexibility index (Phi) is 6.49. The molecule has 0 atom stereocenters. The molecule has 0 bridgehead atoms. The van der Waals surface area contributed by atoms with Crippen LogP contribution in [0.1, 0.15) is 21.9 Å². The van der Waals surface area contributed by atoms with E-state index in [0.717, 1.165) is 15.8 Å². The number of rotatable bonds is 7. The molecule has 144 valence electrons. The summed E-state index contributed by atoms with van der Waals surface area (Å²) in [4.78, 5) is 24.1. The van der Waals surface area contributed by atoms with Gasteiger partial charge in [-0.05, 0) is 55.5 Å². The molecule has 0 unspecified atom stereocenters. The maximum absolute atomic E-state index is 12.1. The fourth-order valence-corrected chi connectivity index (χ4v) is 2.62. The van der Waals surface area contributed by atoms with Gasteiger partial charge in [0.15, 0.2) is 5.76 Å². The lowest BCUT2D eigenvalue weighted by Crippen LogP contribution is -2.32. The van der Waals surface area contributed by atoms with Crippen molar-refractivity contribution in [2.24, 2.45) is 0 Å². The van der Waals surface area contributed by atoms with Crippen molar-refractivity contribution in [2.75, 3.05) is 11.9 Å². The van der Waals surface area contributed by atoms with Crippen LogP contribution >= 0.6 is 15.9 Å². The van der Waals surface area contributed by atoms with Crippen molar-refractivity contribution < 1.29 is 18.7 Å². The van der Waals surface area contributed by atoms with Crippen LogP contribution in [0, 0.1) is 6.92 Å². The highest BCUT2D eigenvalue weighted by atomic mass is 79.9. The van der Waals surface area contributed by atoms with Crippen LogP contribution in [0.3, 0.4) is 0 Å². The average Bonchev–Trinajstić information content (AvgIpc) is 3.17. The fourth-order valence-electron chi connectivity index (χ4n) is 2.35. The summed E-state index contributed by atoms with van der Waals surface area (Å²) in [7, 11) is 0. The maximum atomic E-state index is 12.1. The van der Waals surface area contributed by atoms with Crippen molar-refractivity contribution in [1.82, 2.24) is 5.32 Å². The molecule has 0 aliphatic rings. The first-order valence-corrected chi connectivity index (χ1v) is 9.41. The molecule has 0 aliphatic heterocycles. The number of anilines is 1. The number of benzene rings is 2. The predicted molar refractivity (Wildman–Crippen MR) is 109 cm³/mol. The smallest absolute Gasteiger partial charge is 0.287 e. The van der Waals surface area contributed by atoms with Crippen LogP contribution in [0.25, 0.3) is 0 Å². The zero-order valence-corrected chi connectivity index (χ0v) is 16.8. The van der Waals surface area contributed by atoms with Gasteiger partial charge in [-0.2, -0.15) is 0 Å². The van der Waals surface area contributed by atoms with Crippen molar-refractivity contribution in [3.63, 3.8) is 0 Å². The Morgan fingerprint density at radius 3 is 2.43 bits per heavy atom. The van der Waals surface area contributed by atoms with Crippen LogP contribution in [0.4, 0.5) is 5.69 Å². The zero-order valence-electron chi connectivity index (χ0n) is 15.2. The van der Waals surface area contributed by atoms with Crippen LogP contribution in [0.5, 0.6) is 5.75 Å². The van der Waals surface area contributed by atoms with Gasteiger partial charge in [0.1, 0.15) is 18.1 Å². The second-order valence-electron chi connectivity index (χ2n) is 6.11. The number of amides is 2. The topological polar surface area (TPSA) is 80.6 Å². The monoisotopic (exact) mass is 442 g/mol. The molecule has 3 aromatic rings. The minimum Gasteiger partial charge on any atom is -0.486 e. The molecule has 28 heavy (non-hydrogen) atoms. The minimum atomic E-state index is -0.465. The number of hydrogen-bond acceptors (Lipinski definition) is 4. The van der Waals surface area contributed by atoms with Crippen molar-refractivity contribution in [3.8, 4) is 5.75 Å². The van der Waals surface area contributed by atoms with Crippen molar-refractivity contribution in [2.45, 2.75) is 13.5 Å². The number of furan rings is 1. The molecule has 0 fully saturated rings. The Morgan fingerprint density at radius 1 is 1.00 bits per heavy atom. The number of nitrogens with one attached hydrogen (secondary N) is 2. The third-order valence-electron chi connectivity index (χ3n) is 3.83. The summed E-state index contributed by atoms with van der Waals surface area (Å²) in [6.45, 7) is 2.05. The molecular formula is C21H19BrN2O4. The van der Waals surface area contributed by atoms with E-state index in [1.807, 2.05) is 43.3 Å². The first-order chi connectivity index (χ1) is 13.5. The third kappa shape index (κ3) is 5.72. The van der Waals surface area contributed by atoms with E-state index >= 15 is 0 Å². The second-order valence-corrected chi connectivity index (χ2v) is 7.02. The zero-order chi connectivity index (χ0) is 19.9. The lowest BCUT2D eigenvalue weighted by Gasteiger charge is -2.06. The number of aryl methyl sites for hydroxylation is 1. The van der Waals surface area contributed by atoms with E-state index in [4.69, 9.17) is 9.15 Å². The summed E-state index contributed by atoms with van der Waals surface area (Å²) in [5.74, 6) is 0.569. The van der Waals surface area contributed by atoms with Gasteiger partial charge in [0, 0.05) is 10.2 Å². The number of hydrogen-bond donors (Lipinski definition) is 2. The van der Waals surface area contributed by atoms with Gasteiger partial charge in [0.2, 0.25) is 5.91 Å². The van der Waals surface area contributed by atoms with E-state index in [1.165, 1.54) is 0 Å². The fraction of sp³-hybridized carbons (Fsp3) is 0.143. The molecule has 2 amide bonds. The standard InChI is InChI=1S/C21H19BrN2O4/c1-14-2-8-17(9-3-14)27-13-18-10-11-19(28-18)21(26)23-12-20(25)24-16-6-4-15(22)5-7-16/h2-11H,12-13H2,1H3,(H,23,26)(H,24,25). The number of halogens is 1. The van der Waals surface area contributed by atoms with E-state index in [0.29, 0.717) is 11.4 Å². The first kappa shape index (κ1) is 19.7. The normalized spacial score (nSPS) is 10.4. The highest BCUT2D eigenvalue weighted by Gasteiger charge is 2.13. The summed E-state index contributed by atoms with van der Waals surface area (Å²) in [6, 6.07) is 18.0. The molecule has 6 nitrogen and oxygen atoms in total. The highest BCUT2D eigenvalue weighted by Crippen LogP contribution is 2.16. The lowest BCUT2D eigenvalue weighted by atomic mass is 10.2. The van der Waals surface area contributed by atoms with Gasteiger partial charge in [-0.25, -0.2) is 0 Å². The molecule has 0 aliphatic carbocycles. The van der Waals surface area contributed by atoms with E-state index in [1.54, 1.807) is 24.3 Å². The number of carbonyl (C=O) groups is 2. The average molecular weight is 443 g/mol. The number of ether oxygens (including phenoxy) is 1. The quantitative estimate of drug-likeness (QED) is 0.571. The molecule has 3 rings (SSSR count). The maximum Gasteiger partial charge on any atom is 0.287 e. The van der Waals surface area contributed by atoms with Gasteiger partial charge < -0.3 is 19.8 Å². The number of carbonyl (C=O) groups excluding carboxylic acids is 2. The Bertz CT molecular complexity index is 949. The minimum absolute atomic E-state index is 0.124. The Labute approximate surface area is 171 Å². The molecule has 1 heterocycles. The van der Waals surface area contributed by atoms with Crippen molar-refractivity contribution in [3.05, 3.63) is 82.2 Å².